The van der Waals surface area contributed by atoms with Crippen LogP contribution in [0, 0.1) is 0 Å². The number of sulfonamides is 1. The Balaban J connectivity index is 1.12. The Morgan fingerprint density at radius 2 is 1.88 bits per heavy atom. The second-order valence-corrected chi connectivity index (χ2v) is 11.9. The minimum Gasteiger partial charge on any atom is -0.390 e. The van der Waals surface area contributed by atoms with Gasteiger partial charge in [-0.15, -0.1) is 0 Å². The van der Waals surface area contributed by atoms with Gasteiger partial charge in [-0.05, 0) is 37.8 Å². The van der Waals surface area contributed by atoms with Crippen molar-refractivity contribution in [3.05, 3.63) is 30.1 Å². The van der Waals surface area contributed by atoms with Gasteiger partial charge in [0.15, 0.2) is 0 Å². The van der Waals surface area contributed by atoms with Crippen molar-refractivity contribution in [1.82, 2.24) is 29.4 Å². The number of fused-ring (bicyclic) bond motifs is 3. The van der Waals surface area contributed by atoms with E-state index in [-0.39, 0.29) is 11.9 Å². The Morgan fingerprint density at radius 1 is 1.18 bits per heavy atom. The molecule has 186 valence electrons. The molecular weight excluding hydrogens is 456 g/mol. The van der Waals surface area contributed by atoms with E-state index in [4.69, 9.17) is 0 Å². The van der Waals surface area contributed by atoms with Crippen LogP contribution in [0.15, 0.2) is 24.5 Å². The molecule has 2 bridgehead atoms. The lowest BCUT2D eigenvalue weighted by atomic mass is 9.96. The number of piperazine rings is 1. The molecule has 1 aromatic carbocycles. The van der Waals surface area contributed by atoms with Crippen molar-refractivity contribution in [1.29, 1.82) is 0 Å². The van der Waals surface area contributed by atoms with Gasteiger partial charge < -0.3 is 15.4 Å². The van der Waals surface area contributed by atoms with Gasteiger partial charge in [-0.3, -0.25) is 14.6 Å². The van der Waals surface area contributed by atoms with Crippen molar-refractivity contribution in [3.63, 3.8) is 0 Å². The number of piperidine rings is 1. The number of para-hydroxylation sites is 1. The summed E-state index contributed by atoms with van der Waals surface area (Å²) in [6, 6.07) is 6.44. The number of imidazole rings is 1. The topological polar surface area (TPSA) is 122 Å². The summed E-state index contributed by atoms with van der Waals surface area (Å²) < 4.78 is 24.9. The number of β-amino-alcohol motifs (C(OH)–C–C–N with tert-alkyl or cyclic N) is 1. The van der Waals surface area contributed by atoms with Crippen molar-refractivity contribution in [2.75, 3.05) is 45.5 Å². The van der Waals surface area contributed by atoms with E-state index in [1.807, 2.05) is 18.2 Å². The van der Waals surface area contributed by atoms with E-state index in [9.17, 15) is 18.3 Å². The number of H-pyrrole nitrogens is 1. The molecular formula is C23H34N6O4S. The van der Waals surface area contributed by atoms with E-state index in [1.165, 1.54) is 10.6 Å². The summed E-state index contributed by atoms with van der Waals surface area (Å²) in [6.07, 6.45) is 6.33. The van der Waals surface area contributed by atoms with Crippen molar-refractivity contribution < 1.29 is 18.3 Å². The number of aromatic nitrogens is 2. The third-order valence-corrected chi connectivity index (χ3v) is 8.91. The molecule has 3 aliphatic heterocycles. The molecule has 3 aliphatic rings. The second-order valence-electron chi connectivity index (χ2n) is 9.94. The third-order valence-electron chi connectivity index (χ3n) is 7.60. The zero-order valence-corrected chi connectivity index (χ0v) is 20.4. The van der Waals surface area contributed by atoms with Crippen LogP contribution in [-0.4, -0.2) is 113 Å². The van der Waals surface area contributed by atoms with Gasteiger partial charge in [0.1, 0.15) is 5.52 Å². The van der Waals surface area contributed by atoms with Gasteiger partial charge in [0.25, 0.3) is 5.91 Å². The Bertz CT molecular complexity index is 1120. The first-order valence-electron chi connectivity index (χ1n) is 12.1. The molecule has 0 radical (unpaired) electrons. The van der Waals surface area contributed by atoms with Crippen LogP contribution < -0.4 is 5.32 Å². The fourth-order valence-electron chi connectivity index (χ4n) is 5.94. The molecule has 5 rings (SSSR count). The Hall–Kier alpha value is -2.05. The highest BCUT2D eigenvalue weighted by Gasteiger charge is 2.42. The number of benzene rings is 1. The van der Waals surface area contributed by atoms with Crippen LogP contribution in [0.2, 0.25) is 0 Å². The zero-order valence-electron chi connectivity index (χ0n) is 19.6. The normalized spacial score (nSPS) is 27.8. The molecule has 10 nitrogen and oxygen atoms in total. The zero-order chi connectivity index (χ0) is 23.9. The summed E-state index contributed by atoms with van der Waals surface area (Å²) in [5.41, 5.74) is 2.15. The predicted octanol–water partition coefficient (Wildman–Crippen LogP) is 0.226. The SMILES string of the molecule is CS(=O)(=O)N1CCN(CC(O)CN2[C@@H]3CC[C@H]2CC(NC(=O)c2cccc4[nH]cnc24)C3)CC1. The second kappa shape index (κ2) is 9.54. The molecule has 2 unspecified atom stereocenters. The van der Waals surface area contributed by atoms with Crippen molar-refractivity contribution >= 4 is 27.0 Å². The van der Waals surface area contributed by atoms with Gasteiger partial charge in [-0.2, -0.15) is 4.31 Å². The summed E-state index contributed by atoms with van der Waals surface area (Å²) in [5, 5.41) is 14.0. The molecule has 3 fully saturated rings. The van der Waals surface area contributed by atoms with Gasteiger partial charge >= 0.3 is 0 Å². The van der Waals surface area contributed by atoms with Crippen molar-refractivity contribution in [2.45, 2.75) is 49.9 Å². The van der Waals surface area contributed by atoms with Gasteiger partial charge in [-0.25, -0.2) is 13.4 Å². The smallest absolute Gasteiger partial charge is 0.253 e. The maximum absolute atomic E-state index is 13.0. The highest BCUT2D eigenvalue weighted by molar-refractivity contribution is 7.88. The Labute approximate surface area is 200 Å². The van der Waals surface area contributed by atoms with Gasteiger partial charge in [0.05, 0.1) is 29.8 Å². The third kappa shape index (κ3) is 4.99. The number of nitrogens with one attached hydrogen (secondary N) is 2. The van der Waals surface area contributed by atoms with E-state index in [2.05, 4.69) is 25.1 Å². The van der Waals surface area contributed by atoms with Crippen LogP contribution in [0.3, 0.4) is 0 Å². The van der Waals surface area contributed by atoms with Crippen LogP contribution >= 0.6 is 0 Å². The fraction of sp³-hybridized carbons (Fsp3) is 0.652. The number of carbonyl (C=O) groups excluding carboxylic acids is 1. The molecule has 4 heterocycles. The predicted molar refractivity (Wildman–Crippen MR) is 129 cm³/mol. The van der Waals surface area contributed by atoms with Crippen molar-refractivity contribution in [3.8, 4) is 0 Å². The number of carbonyl (C=O) groups is 1. The lowest BCUT2D eigenvalue weighted by Crippen LogP contribution is -2.54. The average Bonchev–Trinajstić information content (AvgIpc) is 3.35. The first kappa shape index (κ1) is 23.7. The van der Waals surface area contributed by atoms with Crippen molar-refractivity contribution in [2.24, 2.45) is 0 Å². The average molecular weight is 491 g/mol. The molecule has 0 spiro atoms. The Morgan fingerprint density at radius 3 is 2.56 bits per heavy atom. The standard InChI is InChI=1S/C23H34N6O4S/c1-34(32,33)28-9-7-27(8-10-28)13-19(30)14-29-17-5-6-18(29)12-16(11-17)26-23(31)20-3-2-4-21-22(20)25-15-24-21/h2-4,15-19,30H,5-14H2,1H3,(H,24,25)(H,26,31)/t16?,17-,18+,19?. The quantitative estimate of drug-likeness (QED) is 0.508. The number of hydrogen-bond acceptors (Lipinski definition) is 7. The number of rotatable bonds is 7. The first-order valence-corrected chi connectivity index (χ1v) is 14.0. The number of aliphatic hydroxyl groups is 1. The molecule has 1 aromatic heterocycles. The highest BCUT2D eigenvalue weighted by atomic mass is 32.2. The summed E-state index contributed by atoms with van der Waals surface area (Å²) in [6.45, 7) is 3.43. The molecule has 3 N–H and O–H groups in total. The van der Waals surface area contributed by atoms with E-state index in [1.54, 1.807) is 6.33 Å². The van der Waals surface area contributed by atoms with E-state index in [0.29, 0.717) is 62.4 Å². The van der Waals surface area contributed by atoms with E-state index < -0.39 is 16.1 Å². The highest BCUT2D eigenvalue weighted by Crippen LogP contribution is 2.36. The molecule has 4 atom stereocenters. The van der Waals surface area contributed by atoms with Gasteiger partial charge in [0.2, 0.25) is 10.0 Å². The van der Waals surface area contributed by atoms with Gasteiger partial charge in [-0.1, -0.05) is 6.07 Å². The number of nitrogens with zero attached hydrogens (tertiary/aromatic N) is 4. The van der Waals surface area contributed by atoms with Crippen LogP contribution in [-0.2, 0) is 10.0 Å². The Kier molecular flexibility index (Phi) is 6.64. The maximum atomic E-state index is 13.0. The fourth-order valence-corrected chi connectivity index (χ4v) is 6.77. The van der Waals surface area contributed by atoms with E-state index in [0.717, 1.165) is 31.2 Å². The maximum Gasteiger partial charge on any atom is 0.253 e. The largest absolute Gasteiger partial charge is 0.390 e. The minimum absolute atomic E-state index is 0.0798. The first-order chi connectivity index (χ1) is 16.3. The van der Waals surface area contributed by atoms with Crippen LogP contribution in [0.1, 0.15) is 36.0 Å². The molecule has 2 aromatic rings. The van der Waals surface area contributed by atoms with Gasteiger partial charge in [0, 0.05) is 57.4 Å². The molecule has 0 saturated carbocycles. The number of hydrogen-bond donors (Lipinski definition) is 3. The van der Waals surface area contributed by atoms with Crippen LogP contribution in [0.25, 0.3) is 11.0 Å². The summed E-state index contributed by atoms with van der Waals surface area (Å²) in [5.74, 6) is -0.0798. The molecule has 34 heavy (non-hydrogen) atoms. The lowest BCUT2D eigenvalue weighted by Gasteiger charge is -2.41. The van der Waals surface area contributed by atoms with Crippen LogP contribution in [0.4, 0.5) is 0 Å². The molecule has 3 saturated heterocycles. The van der Waals surface area contributed by atoms with Crippen LogP contribution in [0.5, 0.6) is 0 Å². The number of aliphatic hydroxyl groups excluding tert-OH is 1. The lowest BCUT2D eigenvalue weighted by molar-refractivity contribution is 0.0276. The molecule has 11 heteroatoms. The monoisotopic (exact) mass is 490 g/mol. The number of aromatic amines is 1. The summed E-state index contributed by atoms with van der Waals surface area (Å²) >= 11 is 0. The number of amides is 1. The summed E-state index contributed by atoms with van der Waals surface area (Å²) in [4.78, 5) is 24.9. The summed E-state index contributed by atoms with van der Waals surface area (Å²) in [7, 11) is -3.15. The molecule has 1 amide bonds. The minimum atomic E-state index is -3.15. The van der Waals surface area contributed by atoms with E-state index >= 15 is 0 Å². The molecule has 0 aliphatic carbocycles.